The number of aromatic nitrogens is 2. The van der Waals surface area contributed by atoms with Crippen molar-refractivity contribution >= 4 is 18.3 Å². The zero-order chi connectivity index (χ0) is 15.8. The van der Waals surface area contributed by atoms with E-state index in [2.05, 4.69) is 15.3 Å². The number of hydrogen-bond donors (Lipinski definition) is 2. The second kappa shape index (κ2) is 6.88. The van der Waals surface area contributed by atoms with Gasteiger partial charge in [0.25, 0.3) is 0 Å². The van der Waals surface area contributed by atoms with Gasteiger partial charge in [-0.2, -0.15) is 0 Å². The minimum atomic E-state index is -0.437. The van der Waals surface area contributed by atoms with Crippen molar-refractivity contribution in [3.63, 3.8) is 0 Å². The molecule has 2 aromatic rings. The van der Waals surface area contributed by atoms with Crippen molar-refractivity contribution in [2.75, 3.05) is 13.1 Å². The lowest BCUT2D eigenvalue weighted by atomic mass is 10.1. The van der Waals surface area contributed by atoms with E-state index in [9.17, 15) is 9.90 Å². The van der Waals surface area contributed by atoms with Crippen LogP contribution in [-0.4, -0.2) is 51.1 Å². The number of nitrogens with one attached hydrogen (secondary N) is 1. The van der Waals surface area contributed by atoms with Crippen molar-refractivity contribution in [2.24, 2.45) is 0 Å². The fraction of sp³-hybridized carbons (Fsp3) is 0.438. The Morgan fingerprint density at radius 1 is 1.46 bits per heavy atom. The molecule has 24 heavy (non-hydrogen) atoms. The Morgan fingerprint density at radius 3 is 3.04 bits per heavy atom. The third-order valence-electron chi connectivity index (χ3n) is 4.35. The Morgan fingerprint density at radius 2 is 2.33 bits per heavy atom. The molecule has 8 heteroatoms. The summed E-state index contributed by atoms with van der Waals surface area (Å²) in [6.45, 7) is 1.54. The van der Waals surface area contributed by atoms with Crippen LogP contribution in [0.1, 0.15) is 17.9 Å². The van der Waals surface area contributed by atoms with E-state index in [1.807, 2.05) is 12.1 Å². The van der Waals surface area contributed by atoms with Crippen molar-refractivity contribution in [1.29, 1.82) is 0 Å². The van der Waals surface area contributed by atoms with Crippen LogP contribution in [0, 0.1) is 0 Å². The van der Waals surface area contributed by atoms with Crippen LogP contribution < -0.4 is 5.32 Å². The third-order valence-corrected chi connectivity index (χ3v) is 4.35. The Kier molecular flexibility index (Phi) is 4.84. The second-order valence-corrected chi connectivity index (χ2v) is 5.99. The molecule has 2 atom stereocenters. The van der Waals surface area contributed by atoms with Crippen molar-refractivity contribution in [3.8, 4) is 11.5 Å². The summed E-state index contributed by atoms with van der Waals surface area (Å²) in [5, 5.41) is 12.6. The summed E-state index contributed by atoms with van der Waals surface area (Å²) in [6, 6.07) is 3.44. The maximum absolute atomic E-state index is 12.5. The number of oxazole rings is 1. The van der Waals surface area contributed by atoms with E-state index in [-0.39, 0.29) is 24.4 Å². The number of halogens is 1. The van der Waals surface area contributed by atoms with Crippen LogP contribution in [0.2, 0.25) is 0 Å². The fourth-order valence-electron chi connectivity index (χ4n) is 3.12. The Bertz CT molecular complexity index is 721. The first kappa shape index (κ1) is 16.9. The number of aliphatic hydroxyl groups excluding tert-OH is 1. The maximum Gasteiger partial charge on any atom is 0.240 e. The number of rotatable bonds is 2. The minimum absolute atomic E-state index is 0. The molecule has 1 amide bonds. The lowest BCUT2D eigenvalue weighted by Gasteiger charge is -2.27. The van der Waals surface area contributed by atoms with E-state index in [4.69, 9.17) is 4.42 Å². The van der Waals surface area contributed by atoms with Crippen LogP contribution in [0.3, 0.4) is 0 Å². The number of carbonyl (C=O) groups is 1. The summed E-state index contributed by atoms with van der Waals surface area (Å²) < 4.78 is 5.82. The quantitative estimate of drug-likeness (QED) is 0.831. The van der Waals surface area contributed by atoms with Gasteiger partial charge < -0.3 is 19.7 Å². The molecule has 2 N–H and O–H groups in total. The molecule has 128 valence electrons. The lowest BCUT2D eigenvalue weighted by Crippen LogP contribution is -2.45. The van der Waals surface area contributed by atoms with Gasteiger partial charge >= 0.3 is 0 Å². The van der Waals surface area contributed by atoms with Gasteiger partial charge in [0, 0.05) is 31.9 Å². The monoisotopic (exact) mass is 350 g/mol. The molecule has 0 saturated carbocycles. The van der Waals surface area contributed by atoms with Gasteiger partial charge in [0.1, 0.15) is 11.5 Å². The molecule has 2 aliphatic heterocycles. The number of nitrogens with zero attached hydrogens (tertiary/aromatic N) is 3. The largest absolute Gasteiger partial charge is 0.441 e. The normalized spacial score (nSPS) is 22.8. The predicted molar refractivity (Wildman–Crippen MR) is 88.5 cm³/mol. The Hall–Kier alpha value is -1.96. The number of carbonyl (C=O) groups excluding carboxylic acids is 1. The summed E-state index contributed by atoms with van der Waals surface area (Å²) in [5.41, 5.74) is 1.64. The Balaban J connectivity index is 0.00000169. The van der Waals surface area contributed by atoms with Crippen molar-refractivity contribution in [2.45, 2.75) is 31.5 Å². The number of aliphatic hydroxyl groups is 1. The molecular weight excluding hydrogens is 332 g/mol. The van der Waals surface area contributed by atoms with Crippen LogP contribution in [-0.2, 0) is 17.8 Å². The number of pyridine rings is 1. The number of amides is 1. The van der Waals surface area contributed by atoms with Crippen LogP contribution in [0.5, 0.6) is 0 Å². The topological polar surface area (TPSA) is 91.5 Å². The highest BCUT2D eigenvalue weighted by Crippen LogP contribution is 2.26. The van der Waals surface area contributed by atoms with E-state index in [1.54, 1.807) is 17.3 Å². The number of fused-ring (bicyclic) bond motifs is 1. The molecule has 1 fully saturated rings. The minimum Gasteiger partial charge on any atom is -0.441 e. The molecule has 0 radical (unpaired) electrons. The Labute approximate surface area is 145 Å². The van der Waals surface area contributed by atoms with Gasteiger partial charge in [0.2, 0.25) is 11.8 Å². The predicted octanol–water partition coefficient (Wildman–Crippen LogP) is 0.766. The van der Waals surface area contributed by atoms with Crippen molar-refractivity contribution in [1.82, 2.24) is 20.2 Å². The van der Waals surface area contributed by atoms with Crippen LogP contribution in [0.15, 0.2) is 28.9 Å². The van der Waals surface area contributed by atoms with Gasteiger partial charge in [-0.1, -0.05) is 0 Å². The molecule has 2 aromatic heterocycles. The smallest absolute Gasteiger partial charge is 0.240 e. The third kappa shape index (κ3) is 3.15. The molecule has 0 spiro atoms. The van der Waals surface area contributed by atoms with Gasteiger partial charge in [-0.25, -0.2) is 4.98 Å². The van der Waals surface area contributed by atoms with Crippen molar-refractivity contribution < 1.29 is 14.3 Å². The molecule has 0 bridgehead atoms. The first-order chi connectivity index (χ1) is 11.2. The maximum atomic E-state index is 12.5. The lowest BCUT2D eigenvalue weighted by molar-refractivity contribution is -0.134. The zero-order valence-electron chi connectivity index (χ0n) is 13.0. The molecule has 4 heterocycles. The molecule has 4 rings (SSSR count). The van der Waals surface area contributed by atoms with Gasteiger partial charge in [0.15, 0.2) is 0 Å². The standard InChI is InChI=1S/C16H18N4O3.ClH/c21-11-6-12(18-8-11)16(22)20-5-3-14-13(9-20)19-15(23-14)10-2-1-4-17-7-10;/h1-2,4,7,11-12,18,21H,3,5-6,8-9H2;1H/t11-,12-;/m1./s1. The molecular formula is C16H19ClN4O3. The average molecular weight is 351 g/mol. The van der Waals surface area contributed by atoms with Crippen molar-refractivity contribution in [3.05, 3.63) is 36.0 Å². The van der Waals surface area contributed by atoms with Gasteiger partial charge in [-0.05, 0) is 18.6 Å². The first-order valence-electron chi connectivity index (χ1n) is 7.80. The summed E-state index contributed by atoms with van der Waals surface area (Å²) in [7, 11) is 0. The van der Waals surface area contributed by atoms with E-state index in [1.165, 1.54) is 0 Å². The highest BCUT2D eigenvalue weighted by molar-refractivity contribution is 5.85. The highest BCUT2D eigenvalue weighted by Gasteiger charge is 2.34. The van der Waals surface area contributed by atoms with Crippen LogP contribution >= 0.6 is 12.4 Å². The summed E-state index contributed by atoms with van der Waals surface area (Å²) in [5.74, 6) is 1.41. The molecule has 1 saturated heterocycles. The first-order valence-corrected chi connectivity index (χ1v) is 7.80. The molecule has 0 aliphatic carbocycles. The highest BCUT2D eigenvalue weighted by atomic mass is 35.5. The van der Waals surface area contributed by atoms with E-state index in [0.29, 0.717) is 38.4 Å². The second-order valence-electron chi connectivity index (χ2n) is 5.99. The zero-order valence-corrected chi connectivity index (χ0v) is 13.8. The van der Waals surface area contributed by atoms with Crippen LogP contribution in [0.4, 0.5) is 0 Å². The number of β-amino-alcohol motifs (C(OH)–C–C–N with tert-alkyl or cyclic N) is 1. The summed E-state index contributed by atoms with van der Waals surface area (Å²) >= 11 is 0. The van der Waals surface area contributed by atoms with Gasteiger partial charge in [0.05, 0.1) is 24.3 Å². The number of hydrogen-bond acceptors (Lipinski definition) is 6. The molecule has 2 aliphatic rings. The molecule has 0 aromatic carbocycles. The van der Waals surface area contributed by atoms with Gasteiger partial charge in [-0.3, -0.25) is 9.78 Å². The summed E-state index contributed by atoms with van der Waals surface area (Å²) in [4.78, 5) is 22.9. The van der Waals surface area contributed by atoms with E-state index >= 15 is 0 Å². The van der Waals surface area contributed by atoms with Crippen LogP contribution in [0.25, 0.3) is 11.5 Å². The average Bonchev–Trinajstić information content (AvgIpc) is 3.20. The SMILES string of the molecule is Cl.O=C([C@H]1C[C@@H](O)CN1)N1CCc2oc(-c3cccnc3)nc2C1. The van der Waals surface area contributed by atoms with Gasteiger partial charge in [-0.15, -0.1) is 12.4 Å². The van der Waals surface area contributed by atoms with E-state index in [0.717, 1.165) is 17.0 Å². The summed E-state index contributed by atoms with van der Waals surface area (Å²) in [6.07, 6.45) is 4.11. The van der Waals surface area contributed by atoms with E-state index < -0.39 is 6.10 Å². The fourth-order valence-corrected chi connectivity index (χ4v) is 3.12. The molecule has 0 unspecified atom stereocenters. The molecule has 7 nitrogen and oxygen atoms in total.